The number of nitrogens with two attached hydrogens (primary N) is 1. The number of nitrogen functional groups attached to an aromatic ring is 1. The number of hydrogen-bond acceptors (Lipinski definition) is 5. The summed E-state index contributed by atoms with van der Waals surface area (Å²) in [6.45, 7) is 0. The van der Waals surface area contributed by atoms with Gasteiger partial charge in [-0.15, -0.1) is 0 Å². The Morgan fingerprint density at radius 1 is 1.19 bits per heavy atom. The van der Waals surface area contributed by atoms with Gasteiger partial charge in [-0.3, -0.25) is 14.8 Å². The molecule has 3 N–H and O–H groups in total. The smallest absolute Gasteiger partial charge is 0.289 e. The molecule has 2 aromatic rings. The number of sulfonamides is 1. The fourth-order valence-corrected chi connectivity index (χ4v) is 2.89. The lowest BCUT2D eigenvalue weighted by Crippen LogP contribution is -2.15. The third kappa shape index (κ3) is 3.08. The van der Waals surface area contributed by atoms with E-state index in [2.05, 4.69) is 0 Å². The highest BCUT2D eigenvalue weighted by molar-refractivity contribution is 7.92. The number of hydrogen-bond donors (Lipinski definition) is 2. The first kappa shape index (κ1) is 14.7. The van der Waals surface area contributed by atoms with Crippen molar-refractivity contribution in [2.24, 2.45) is 0 Å². The van der Waals surface area contributed by atoms with Crippen LogP contribution >= 0.6 is 0 Å². The second-order valence-electron chi connectivity index (χ2n) is 4.07. The van der Waals surface area contributed by atoms with Crippen LogP contribution in [0.25, 0.3) is 0 Å². The summed E-state index contributed by atoms with van der Waals surface area (Å²) in [5, 5.41) is 10.9. The fraction of sp³-hybridized carbons (Fsp3) is 0. The summed E-state index contributed by atoms with van der Waals surface area (Å²) in [6, 6.07) is 8.11. The Balaban J connectivity index is 2.49. The van der Waals surface area contributed by atoms with E-state index < -0.39 is 31.3 Å². The molecule has 0 spiro atoms. The predicted molar refractivity (Wildman–Crippen MR) is 74.7 cm³/mol. The fourth-order valence-electron chi connectivity index (χ4n) is 1.66. The monoisotopic (exact) mass is 311 g/mol. The summed E-state index contributed by atoms with van der Waals surface area (Å²) in [7, 11) is -4.32. The number of para-hydroxylation sites is 1. The van der Waals surface area contributed by atoms with Crippen LogP contribution in [-0.4, -0.2) is 13.3 Å². The van der Waals surface area contributed by atoms with Gasteiger partial charge in [0.2, 0.25) is 0 Å². The first-order valence-corrected chi connectivity index (χ1v) is 7.11. The molecule has 21 heavy (non-hydrogen) atoms. The molecule has 0 radical (unpaired) electrons. The molecule has 0 atom stereocenters. The molecule has 2 aromatic carbocycles. The molecule has 0 aromatic heterocycles. The second-order valence-corrected chi connectivity index (χ2v) is 5.72. The van der Waals surface area contributed by atoms with Crippen LogP contribution in [0, 0.1) is 15.9 Å². The van der Waals surface area contributed by atoms with E-state index in [4.69, 9.17) is 5.73 Å². The summed E-state index contributed by atoms with van der Waals surface area (Å²) in [6.07, 6.45) is 0. The lowest BCUT2D eigenvalue weighted by molar-refractivity contribution is -0.387. The van der Waals surface area contributed by atoms with Gasteiger partial charge in [-0.2, -0.15) is 0 Å². The second kappa shape index (κ2) is 5.37. The maximum Gasteiger partial charge on any atom is 0.289 e. The number of nitro benzene ring substituents is 1. The van der Waals surface area contributed by atoms with Gasteiger partial charge >= 0.3 is 0 Å². The van der Waals surface area contributed by atoms with Crippen LogP contribution in [0.15, 0.2) is 47.4 Å². The van der Waals surface area contributed by atoms with Crippen LogP contribution in [0.1, 0.15) is 0 Å². The molecule has 0 unspecified atom stereocenters. The first-order chi connectivity index (χ1) is 9.81. The summed E-state index contributed by atoms with van der Waals surface area (Å²) in [5.41, 5.74) is 4.62. The van der Waals surface area contributed by atoms with Gasteiger partial charge in [0.25, 0.3) is 15.7 Å². The Morgan fingerprint density at radius 3 is 2.52 bits per heavy atom. The van der Waals surface area contributed by atoms with Gasteiger partial charge in [-0.1, -0.05) is 12.1 Å². The third-order valence-corrected chi connectivity index (χ3v) is 4.00. The van der Waals surface area contributed by atoms with Crippen LogP contribution in [0.3, 0.4) is 0 Å². The molecule has 0 aliphatic carbocycles. The van der Waals surface area contributed by atoms with Gasteiger partial charge in [0.15, 0.2) is 4.90 Å². The SMILES string of the molecule is Nc1ccc(F)c(NS(=O)(=O)c2ccccc2[N+](=O)[O-])c1. The van der Waals surface area contributed by atoms with E-state index in [9.17, 15) is 22.9 Å². The van der Waals surface area contributed by atoms with Gasteiger partial charge in [0, 0.05) is 11.8 Å². The van der Waals surface area contributed by atoms with Gasteiger partial charge in [0.05, 0.1) is 10.6 Å². The standard InChI is InChI=1S/C12H10FN3O4S/c13-9-6-5-8(14)7-10(9)15-21(19,20)12-4-2-1-3-11(12)16(17)18/h1-7,15H,14H2. The van der Waals surface area contributed by atoms with E-state index >= 15 is 0 Å². The quantitative estimate of drug-likeness (QED) is 0.510. The normalized spacial score (nSPS) is 11.1. The number of nitrogens with one attached hydrogen (secondary N) is 1. The van der Waals surface area contributed by atoms with Crippen LogP contribution in [-0.2, 0) is 10.0 Å². The molecule has 7 nitrogen and oxygen atoms in total. The summed E-state index contributed by atoms with van der Waals surface area (Å²) in [4.78, 5) is 9.47. The molecule has 0 fully saturated rings. The lowest BCUT2D eigenvalue weighted by atomic mass is 10.3. The number of anilines is 2. The molecule has 110 valence electrons. The van der Waals surface area contributed by atoms with Crippen LogP contribution < -0.4 is 10.5 Å². The van der Waals surface area contributed by atoms with Crippen molar-refractivity contribution in [3.8, 4) is 0 Å². The van der Waals surface area contributed by atoms with Crippen molar-refractivity contribution in [1.29, 1.82) is 0 Å². The van der Waals surface area contributed by atoms with Crippen LogP contribution in [0.5, 0.6) is 0 Å². The van der Waals surface area contributed by atoms with Gasteiger partial charge in [-0.05, 0) is 24.3 Å². The molecule has 0 heterocycles. The molecule has 9 heteroatoms. The number of halogens is 1. The average molecular weight is 311 g/mol. The minimum atomic E-state index is -4.32. The molecule has 0 amide bonds. The Labute approximate surface area is 119 Å². The van der Waals surface area contributed by atoms with E-state index in [1.807, 2.05) is 4.72 Å². The molecule has 0 aliphatic rings. The van der Waals surface area contributed by atoms with Crippen LogP contribution in [0.2, 0.25) is 0 Å². The van der Waals surface area contributed by atoms with Crippen molar-refractivity contribution in [3.05, 3.63) is 58.4 Å². The van der Waals surface area contributed by atoms with Crippen molar-refractivity contribution in [3.63, 3.8) is 0 Å². The molecular weight excluding hydrogens is 301 g/mol. The zero-order chi connectivity index (χ0) is 15.6. The van der Waals surface area contributed by atoms with E-state index in [-0.39, 0.29) is 11.4 Å². The zero-order valence-electron chi connectivity index (χ0n) is 10.5. The van der Waals surface area contributed by atoms with Crippen molar-refractivity contribution in [2.75, 3.05) is 10.5 Å². The van der Waals surface area contributed by atoms with Crippen LogP contribution in [0.4, 0.5) is 21.5 Å². The molecule has 0 saturated carbocycles. The highest BCUT2D eigenvalue weighted by atomic mass is 32.2. The maximum atomic E-state index is 13.6. The number of benzene rings is 2. The van der Waals surface area contributed by atoms with Crippen molar-refractivity contribution in [2.45, 2.75) is 4.90 Å². The number of nitrogens with zero attached hydrogens (tertiary/aromatic N) is 1. The Hall–Kier alpha value is -2.68. The van der Waals surface area contributed by atoms with Gasteiger partial charge in [0.1, 0.15) is 5.82 Å². The van der Waals surface area contributed by atoms with Crippen molar-refractivity contribution in [1.82, 2.24) is 0 Å². The lowest BCUT2D eigenvalue weighted by Gasteiger charge is -2.09. The zero-order valence-corrected chi connectivity index (χ0v) is 11.3. The van der Waals surface area contributed by atoms with Crippen molar-refractivity contribution < 1.29 is 17.7 Å². The molecule has 0 saturated heterocycles. The predicted octanol–water partition coefficient (Wildman–Crippen LogP) is 2.12. The number of rotatable bonds is 4. The Bertz CT molecular complexity index is 808. The number of nitro groups is 1. The third-order valence-electron chi connectivity index (χ3n) is 2.59. The van der Waals surface area contributed by atoms with E-state index in [0.29, 0.717) is 0 Å². The highest BCUT2D eigenvalue weighted by Crippen LogP contribution is 2.27. The molecule has 0 bridgehead atoms. The Kier molecular flexibility index (Phi) is 3.76. The summed E-state index contributed by atoms with van der Waals surface area (Å²) < 4.78 is 39.8. The maximum absolute atomic E-state index is 13.6. The highest BCUT2D eigenvalue weighted by Gasteiger charge is 2.25. The summed E-state index contributed by atoms with van der Waals surface area (Å²) >= 11 is 0. The molecule has 0 aliphatic heterocycles. The largest absolute Gasteiger partial charge is 0.399 e. The molecular formula is C12H10FN3O4S. The van der Waals surface area contributed by atoms with Gasteiger partial charge in [-0.25, -0.2) is 12.8 Å². The average Bonchev–Trinajstić information content (AvgIpc) is 2.42. The molecule has 2 rings (SSSR count). The van der Waals surface area contributed by atoms with Crippen molar-refractivity contribution >= 4 is 27.1 Å². The van der Waals surface area contributed by atoms with E-state index in [0.717, 1.165) is 24.3 Å². The Morgan fingerprint density at radius 2 is 1.86 bits per heavy atom. The minimum absolute atomic E-state index is 0.150. The summed E-state index contributed by atoms with van der Waals surface area (Å²) in [5.74, 6) is -0.841. The van der Waals surface area contributed by atoms with E-state index in [1.165, 1.54) is 18.2 Å². The first-order valence-electron chi connectivity index (χ1n) is 5.62. The van der Waals surface area contributed by atoms with E-state index in [1.54, 1.807) is 0 Å². The minimum Gasteiger partial charge on any atom is -0.399 e. The van der Waals surface area contributed by atoms with Gasteiger partial charge < -0.3 is 5.73 Å². The topological polar surface area (TPSA) is 115 Å².